The second-order valence-electron chi connectivity index (χ2n) is 8.56. The summed E-state index contributed by atoms with van der Waals surface area (Å²) >= 11 is 0. The summed E-state index contributed by atoms with van der Waals surface area (Å²) in [7, 11) is 5.38. The molecular weight excluding hydrogens is 489 g/mol. The Bertz CT molecular complexity index is 671. The number of benzene rings is 1. The molecule has 1 amide bonds. The van der Waals surface area contributed by atoms with Crippen LogP contribution < -0.4 is 10.6 Å². The summed E-state index contributed by atoms with van der Waals surface area (Å²) < 4.78 is 0. The van der Waals surface area contributed by atoms with Crippen LogP contribution >= 0.6 is 24.0 Å². The van der Waals surface area contributed by atoms with Crippen LogP contribution in [0.2, 0.25) is 0 Å². The summed E-state index contributed by atoms with van der Waals surface area (Å²) in [5, 5.41) is 6.93. The Morgan fingerprint density at radius 1 is 1.20 bits per heavy atom. The second-order valence-corrected chi connectivity index (χ2v) is 8.56. The molecule has 1 aromatic carbocycles. The number of amides is 1. The van der Waals surface area contributed by atoms with Crippen LogP contribution in [0.15, 0.2) is 29.3 Å². The van der Waals surface area contributed by atoms with Crippen molar-refractivity contribution in [1.29, 1.82) is 0 Å². The minimum Gasteiger partial charge on any atom is -0.356 e. The fraction of sp³-hybridized carbons (Fsp3) is 0.652. The molecule has 0 saturated carbocycles. The highest BCUT2D eigenvalue weighted by atomic mass is 127. The van der Waals surface area contributed by atoms with E-state index in [-0.39, 0.29) is 29.9 Å². The van der Waals surface area contributed by atoms with Crippen LogP contribution in [0.25, 0.3) is 0 Å². The fourth-order valence-corrected chi connectivity index (χ4v) is 3.89. The van der Waals surface area contributed by atoms with Gasteiger partial charge in [-0.05, 0) is 62.4 Å². The lowest BCUT2D eigenvalue weighted by Gasteiger charge is -2.29. The first-order chi connectivity index (χ1) is 13.9. The van der Waals surface area contributed by atoms with Crippen LogP contribution in [0.4, 0.5) is 0 Å². The largest absolute Gasteiger partial charge is 0.356 e. The van der Waals surface area contributed by atoms with Gasteiger partial charge in [-0.1, -0.05) is 26.0 Å². The van der Waals surface area contributed by atoms with Gasteiger partial charge in [0, 0.05) is 45.8 Å². The third kappa shape index (κ3) is 8.79. The first kappa shape index (κ1) is 26.7. The Labute approximate surface area is 199 Å². The molecule has 7 heteroatoms. The lowest BCUT2D eigenvalue weighted by atomic mass is 10.0. The zero-order valence-electron chi connectivity index (χ0n) is 19.3. The van der Waals surface area contributed by atoms with E-state index in [9.17, 15) is 4.79 Å². The topological polar surface area (TPSA) is 60.0 Å². The van der Waals surface area contributed by atoms with E-state index < -0.39 is 0 Å². The molecular formula is C23H40IN5O. The average Bonchev–Trinajstić information content (AvgIpc) is 3.23. The molecule has 1 atom stereocenters. The summed E-state index contributed by atoms with van der Waals surface area (Å²) in [5.74, 6) is 1.57. The lowest BCUT2D eigenvalue weighted by Crippen LogP contribution is -2.47. The molecule has 2 rings (SSSR count). The van der Waals surface area contributed by atoms with E-state index in [1.807, 2.05) is 25.2 Å². The van der Waals surface area contributed by atoms with E-state index in [1.165, 1.54) is 32.4 Å². The minimum atomic E-state index is 0. The van der Waals surface area contributed by atoms with E-state index >= 15 is 0 Å². The lowest BCUT2D eigenvalue weighted by molar-refractivity contribution is 0.0827. The summed E-state index contributed by atoms with van der Waals surface area (Å²) in [5.41, 5.74) is 1.88. The van der Waals surface area contributed by atoms with Gasteiger partial charge in [0.05, 0.1) is 0 Å². The van der Waals surface area contributed by atoms with Crippen LogP contribution in [-0.2, 0) is 6.42 Å². The summed E-state index contributed by atoms with van der Waals surface area (Å²) in [6, 6.07) is 8.42. The van der Waals surface area contributed by atoms with Gasteiger partial charge in [-0.3, -0.25) is 14.7 Å². The van der Waals surface area contributed by atoms with Crippen molar-refractivity contribution in [2.24, 2.45) is 10.9 Å². The molecule has 1 saturated heterocycles. The second kappa shape index (κ2) is 13.9. The molecule has 0 aromatic heterocycles. The smallest absolute Gasteiger partial charge is 0.253 e. The number of guanidine groups is 1. The molecule has 1 aliphatic heterocycles. The summed E-state index contributed by atoms with van der Waals surface area (Å²) in [4.78, 5) is 20.7. The van der Waals surface area contributed by atoms with Crippen LogP contribution in [-0.4, -0.2) is 75.0 Å². The highest BCUT2D eigenvalue weighted by Gasteiger charge is 2.22. The van der Waals surface area contributed by atoms with Crippen LogP contribution in [0.1, 0.15) is 49.0 Å². The van der Waals surface area contributed by atoms with Crippen LogP contribution in [0.3, 0.4) is 0 Å². The van der Waals surface area contributed by atoms with Crippen molar-refractivity contribution in [2.75, 3.05) is 47.3 Å². The molecule has 1 fully saturated rings. The van der Waals surface area contributed by atoms with Gasteiger partial charge >= 0.3 is 0 Å². The molecule has 0 spiro atoms. The first-order valence-electron chi connectivity index (χ1n) is 10.9. The number of hydrogen-bond donors (Lipinski definition) is 2. The monoisotopic (exact) mass is 529 g/mol. The number of hydrogen-bond acceptors (Lipinski definition) is 3. The van der Waals surface area contributed by atoms with Gasteiger partial charge in [0.25, 0.3) is 5.91 Å². The normalized spacial score (nSPS) is 15.6. The zero-order valence-corrected chi connectivity index (χ0v) is 21.6. The van der Waals surface area contributed by atoms with Crippen molar-refractivity contribution in [2.45, 2.75) is 45.6 Å². The van der Waals surface area contributed by atoms with E-state index in [4.69, 9.17) is 0 Å². The number of nitrogens with one attached hydrogen (secondary N) is 2. The zero-order chi connectivity index (χ0) is 21.2. The maximum Gasteiger partial charge on any atom is 0.253 e. The quantitative estimate of drug-likeness (QED) is 0.293. The van der Waals surface area contributed by atoms with E-state index in [0.29, 0.717) is 12.0 Å². The Balaban J connectivity index is 0.00000450. The molecule has 1 aliphatic rings. The fourth-order valence-electron chi connectivity index (χ4n) is 3.89. The summed E-state index contributed by atoms with van der Waals surface area (Å²) in [6.45, 7) is 8.72. The van der Waals surface area contributed by atoms with Crippen molar-refractivity contribution in [3.63, 3.8) is 0 Å². The molecule has 0 bridgehead atoms. The van der Waals surface area contributed by atoms with Crippen molar-refractivity contribution in [3.05, 3.63) is 35.4 Å². The Kier molecular flexibility index (Phi) is 12.3. The predicted octanol–water partition coefficient (Wildman–Crippen LogP) is 3.22. The van der Waals surface area contributed by atoms with Gasteiger partial charge in [-0.15, -0.1) is 24.0 Å². The van der Waals surface area contributed by atoms with Crippen molar-refractivity contribution in [3.8, 4) is 0 Å². The number of rotatable bonds is 9. The number of carbonyl (C=O) groups excluding carboxylic acids is 1. The Morgan fingerprint density at radius 3 is 2.50 bits per heavy atom. The Hall–Kier alpha value is -1.35. The van der Waals surface area contributed by atoms with Gasteiger partial charge in [0.15, 0.2) is 5.96 Å². The minimum absolute atomic E-state index is 0. The van der Waals surface area contributed by atoms with Gasteiger partial charge in [-0.2, -0.15) is 0 Å². The summed E-state index contributed by atoms with van der Waals surface area (Å²) in [6.07, 6.45) is 4.68. The van der Waals surface area contributed by atoms with Crippen LogP contribution in [0.5, 0.6) is 0 Å². The number of carbonyl (C=O) groups is 1. The number of aliphatic imine (C=N–C) groups is 1. The van der Waals surface area contributed by atoms with Gasteiger partial charge in [-0.25, -0.2) is 0 Å². The molecule has 0 aliphatic carbocycles. The molecule has 170 valence electrons. The van der Waals surface area contributed by atoms with E-state index in [1.54, 1.807) is 19.0 Å². The Morgan fingerprint density at radius 2 is 1.90 bits per heavy atom. The average molecular weight is 530 g/mol. The molecule has 6 nitrogen and oxygen atoms in total. The molecule has 2 N–H and O–H groups in total. The molecule has 1 unspecified atom stereocenters. The van der Waals surface area contributed by atoms with Crippen molar-refractivity contribution in [1.82, 2.24) is 20.4 Å². The number of nitrogens with zero attached hydrogens (tertiary/aromatic N) is 3. The maximum atomic E-state index is 12.1. The molecule has 1 aromatic rings. The maximum absolute atomic E-state index is 12.1. The van der Waals surface area contributed by atoms with Crippen LogP contribution in [0, 0.1) is 5.92 Å². The number of halogens is 1. The van der Waals surface area contributed by atoms with Gasteiger partial charge in [0.1, 0.15) is 0 Å². The van der Waals surface area contributed by atoms with E-state index in [2.05, 4.69) is 40.4 Å². The third-order valence-electron chi connectivity index (χ3n) is 5.42. The van der Waals surface area contributed by atoms with Crippen molar-refractivity contribution >= 4 is 35.8 Å². The third-order valence-corrected chi connectivity index (χ3v) is 5.42. The van der Waals surface area contributed by atoms with Gasteiger partial charge in [0.2, 0.25) is 0 Å². The SMILES string of the molecule is CN=C(NCCc1cccc(C(=O)N(C)C)c1)NCC(CC(C)C)N1CCCC1.I. The highest BCUT2D eigenvalue weighted by molar-refractivity contribution is 14.0. The molecule has 30 heavy (non-hydrogen) atoms. The van der Waals surface area contributed by atoms with E-state index in [0.717, 1.165) is 36.6 Å². The molecule has 1 heterocycles. The highest BCUT2D eigenvalue weighted by Crippen LogP contribution is 2.17. The standard InChI is InChI=1S/C23H39N5O.HI/c1-18(2)15-21(28-13-6-7-14-28)17-26-23(24-3)25-12-11-19-9-8-10-20(16-19)22(29)27(4)5;/h8-10,16,18,21H,6-7,11-15,17H2,1-5H3,(H2,24,25,26);1H. The predicted molar refractivity (Wildman–Crippen MR) is 137 cm³/mol. The first-order valence-corrected chi connectivity index (χ1v) is 10.9. The van der Waals surface area contributed by atoms with Gasteiger partial charge < -0.3 is 15.5 Å². The molecule has 0 radical (unpaired) electrons. The van der Waals surface area contributed by atoms with Crippen molar-refractivity contribution < 1.29 is 4.79 Å². The number of likely N-dealkylation sites (tertiary alicyclic amines) is 1.